The summed E-state index contributed by atoms with van der Waals surface area (Å²) in [5, 5.41) is 5.20. The summed E-state index contributed by atoms with van der Waals surface area (Å²) in [6.07, 6.45) is 0. The number of nitrogens with zero attached hydrogens (tertiary/aromatic N) is 2. The Balaban J connectivity index is 1.36. The Kier molecular flexibility index (Phi) is 7.56. The van der Waals surface area contributed by atoms with Gasteiger partial charge in [-0.1, -0.05) is 48.5 Å². The second kappa shape index (κ2) is 10.3. The molecule has 8 nitrogen and oxygen atoms in total. The molecular formula is C21H26N4O4S. The quantitative estimate of drug-likeness (QED) is 0.621. The molecule has 0 aromatic heterocycles. The van der Waals surface area contributed by atoms with Crippen molar-refractivity contribution in [2.45, 2.75) is 11.4 Å². The molecule has 1 aliphatic heterocycles. The highest BCUT2D eigenvalue weighted by Gasteiger charge is 2.28. The number of amides is 2. The van der Waals surface area contributed by atoms with E-state index in [4.69, 9.17) is 0 Å². The van der Waals surface area contributed by atoms with Gasteiger partial charge in [-0.15, -0.1) is 0 Å². The third-order valence-electron chi connectivity index (χ3n) is 4.93. The van der Waals surface area contributed by atoms with Crippen LogP contribution in [-0.4, -0.2) is 68.7 Å². The molecule has 1 fully saturated rings. The van der Waals surface area contributed by atoms with Gasteiger partial charge in [-0.2, -0.15) is 4.31 Å². The van der Waals surface area contributed by atoms with Gasteiger partial charge in [0.2, 0.25) is 10.0 Å². The minimum Gasteiger partial charge on any atom is -0.347 e. The lowest BCUT2D eigenvalue weighted by Gasteiger charge is -2.33. The molecule has 2 aromatic rings. The molecule has 0 unspecified atom stereocenters. The smallest absolute Gasteiger partial charge is 0.309 e. The van der Waals surface area contributed by atoms with Crippen LogP contribution >= 0.6 is 0 Å². The SMILES string of the molecule is O=C(NCCN1CCN(S(=O)(=O)c2ccccc2)CC1)C(=O)NCc1ccccc1. The molecule has 0 radical (unpaired) electrons. The highest BCUT2D eigenvalue weighted by Crippen LogP contribution is 2.16. The first-order valence-corrected chi connectivity index (χ1v) is 11.3. The van der Waals surface area contributed by atoms with Crippen molar-refractivity contribution >= 4 is 21.8 Å². The van der Waals surface area contributed by atoms with E-state index in [1.54, 1.807) is 30.3 Å². The van der Waals surface area contributed by atoms with E-state index in [1.165, 1.54) is 4.31 Å². The Morgan fingerprint density at radius 2 is 1.37 bits per heavy atom. The van der Waals surface area contributed by atoms with Crippen LogP contribution in [-0.2, 0) is 26.2 Å². The van der Waals surface area contributed by atoms with E-state index < -0.39 is 21.8 Å². The van der Waals surface area contributed by atoms with Gasteiger partial charge in [0.1, 0.15) is 0 Å². The minimum absolute atomic E-state index is 0.297. The highest BCUT2D eigenvalue weighted by atomic mass is 32.2. The van der Waals surface area contributed by atoms with Crippen LogP contribution in [0, 0.1) is 0 Å². The third kappa shape index (κ3) is 5.88. The Bertz CT molecular complexity index is 943. The fraction of sp³-hybridized carbons (Fsp3) is 0.333. The molecule has 2 N–H and O–H groups in total. The maximum Gasteiger partial charge on any atom is 0.309 e. The Morgan fingerprint density at radius 1 is 0.800 bits per heavy atom. The first-order chi connectivity index (χ1) is 14.5. The summed E-state index contributed by atoms with van der Waals surface area (Å²) in [7, 11) is -3.48. The van der Waals surface area contributed by atoms with E-state index in [-0.39, 0.29) is 0 Å². The molecule has 2 amide bonds. The van der Waals surface area contributed by atoms with Crippen molar-refractivity contribution < 1.29 is 18.0 Å². The van der Waals surface area contributed by atoms with Gasteiger partial charge in [-0.25, -0.2) is 8.42 Å². The van der Waals surface area contributed by atoms with Crippen LogP contribution in [0.15, 0.2) is 65.6 Å². The molecular weight excluding hydrogens is 404 g/mol. The van der Waals surface area contributed by atoms with Crippen LogP contribution in [0.5, 0.6) is 0 Å². The van der Waals surface area contributed by atoms with E-state index in [0.717, 1.165) is 5.56 Å². The van der Waals surface area contributed by atoms with Gasteiger partial charge in [0.15, 0.2) is 0 Å². The predicted octanol–water partition coefficient (Wildman–Crippen LogP) is 0.426. The van der Waals surface area contributed by atoms with Crippen LogP contribution < -0.4 is 10.6 Å². The zero-order valence-corrected chi connectivity index (χ0v) is 17.5. The van der Waals surface area contributed by atoms with Gasteiger partial charge >= 0.3 is 11.8 Å². The van der Waals surface area contributed by atoms with Crippen LogP contribution in [0.4, 0.5) is 0 Å². The topological polar surface area (TPSA) is 98.8 Å². The van der Waals surface area contributed by atoms with Crippen molar-refractivity contribution in [1.82, 2.24) is 19.8 Å². The van der Waals surface area contributed by atoms with Gasteiger partial charge in [-0.3, -0.25) is 14.5 Å². The summed E-state index contributed by atoms with van der Waals surface area (Å²) < 4.78 is 26.8. The van der Waals surface area contributed by atoms with Crippen molar-refractivity contribution in [2.24, 2.45) is 0 Å². The summed E-state index contributed by atoms with van der Waals surface area (Å²) in [4.78, 5) is 26.2. The number of sulfonamides is 1. The second-order valence-electron chi connectivity index (χ2n) is 6.98. The van der Waals surface area contributed by atoms with E-state index >= 15 is 0 Å². The lowest BCUT2D eigenvalue weighted by atomic mass is 10.2. The monoisotopic (exact) mass is 430 g/mol. The largest absolute Gasteiger partial charge is 0.347 e. The molecule has 1 aliphatic rings. The first-order valence-electron chi connectivity index (χ1n) is 9.84. The lowest BCUT2D eigenvalue weighted by molar-refractivity contribution is -0.139. The van der Waals surface area contributed by atoms with Crippen LogP contribution in [0.25, 0.3) is 0 Å². The number of nitrogens with one attached hydrogen (secondary N) is 2. The third-order valence-corrected chi connectivity index (χ3v) is 6.84. The number of benzene rings is 2. The standard InChI is InChI=1S/C21H26N4O4S/c26-20(21(27)23-17-18-7-3-1-4-8-18)22-11-12-24-13-15-25(16-14-24)30(28,29)19-9-5-2-6-10-19/h1-10H,11-17H2,(H,22,26)(H,23,27). The maximum absolute atomic E-state index is 12.6. The lowest BCUT2D eigenvalue weighted by Crippen LogP contribution is -2.50. The van der Waals surface area contributed by atoms with Crippen molar-refractivity contribution in [3.05, 3.63) is 66.2 Å². The first kappa shape index (κ1) is 21.9. The zero-order chi connectivity index (χ0) is 21.4. The van der Waals surface area contributed by atoms with Crippen LogP contribution in [0.1, 0.15) is 5.56 Å². The Hall–Kier alpha value is -2.75. The van der Waals surface area contributed by atoms with Crippen molar-refractivity contribution in [1.29, 1.82) is 0 Å². The number of carbonyl (C=O) groups excluding carboxylic acids is 2. The molecule has 160 valence electrons. The van der Waals surface area contributed by atoms with Crippen LogP contribution in [0.3, 0.4) is 0 Å². The number of hydrogen-bond donors (Lipinski definition) is 2. The average Bonchev–Trinajstić information content (AvgIpc) is 2.79. The van der Waals surface area contributed by atoms with E-state index in [0.29, 0.717) is 50.7 Å². The van der Waals surface area contributed by atoms with E-state index in [2.05, 4.69) is 15.5 Å². The van der Waals surface area contributed by atoms with Crippen molar-refractivity contribution in [2.75, 3.05) is 39.3 Å². The van der Waals surface area contributed by atoms with Gasteiger partial charge < -0.3 is 10.6 Å². The minimum atomic E-state index is -3.48. The average molecular weight is 431 g/mol. The van der Waals surface area contributed by atoms with Gasteiger partial charge in [0.25, 0.3) is 0 Å². The normalized spacial score (nSPS) is 15.5. The highest BCUT2D eigenvalue weighted by molar-refractivity contribution is 7.89. The molecule has 0 atom stereocenters. The zero-order valence-electron chi connectivity index (χ0n) is 16.7. The second-order valence-corrected chi connectivity index (χ2v) is 8.92. The van der Waals surface area contributed by atoms with Crippen molar-refractivity contribution in [3.63, 3.8) is 0 Å². The van der Waals surface area contributed by atoms with E-state index in [9.17, 15) is 18.0 Å². The molecule has 0 spiro atoms. The Morgan fingerprint density at radius 3 is 2.00 bits per heavy atom. The fourth-order valence-corrected chi connectivity index (χ4v) is 4.64. The molecule has 3 rings (SSSR count). The summed E-state index contributed by atoms with van der Waals surface area (Å²) in [5.41, 5.74) is 0.918. The summed E-state index contributed by atoms with van der Waals surface area (Å²) in [5.74, 6) is -1.34. The molecule has 2 aromatic carbocycles. The molecule has 0 saturated carbocycles. The molecule has 0 bridgehead atoms. The molecule has 1 heterocycles. The molecule has 0 aliphatic carbocycles. The number of hydrogen-bond acceptors (Lipinski definition) is 5. The van der Waals surface area contributed by atoms with Crippen molar-refractivity contribution in [3.8, 4) is 0 Å². The molecule has 30 heavy (non-hydrogen) atoms. The summed E-state index contributed by atoms with van der Waals surface area (Å²) in [6, 6.07) is 17.8. The van der Waals surface area contributed by atoms with Gasteiger partial charge in [0, 0.05) is 45.8 Å². The maximum atomic E-state index is 12.6. The van der Waals surface area contributed by atoms with Crippen LogP contribution in [0.2, 0.25) is 0 Å². The number of carbonyl (C=O) groups is 2. The molecule has 1 saturated heterocycles. The van der Waals surface area contributed by atoms with E-state index in [1.807, 2.05) is 30.3 Å². The molecule has 9 heteroatoms. The number of rotatable bonds is 7. The predicted molar refractivity (Wildman–Crippen MR) is 113 cm³/mol. The summed E-state index contributed by atoms with van der Waals surface area (Å²) >= 11 is 0. The fourth-order valence-electron chi connectivity index (χ4n) is 3.20. The van der Waals surface area contributed by atoms with Gasteiger partial charge in [0.05, 0.1) is 4.90 Å². The van der Waals surface area contributed by atoms with Gasteiger partial charge in [-0.05, 0) is 17.7 Å². The Labute approximate surface area is 176 Å². The summed E-state index contributed by atoms with van der Waals surface area (Å²) in [6.45, 7) is 3.10. The number of piperazine rings is 1.